The lowest BCUT2D eigenvalue weighted by Crippen LogP contribution is -2.36. The van der Waals surface area contributed by atoms with E-state index in [9.17, 15) is 0 Å². The van der Waals surface area contributed by atoms with Crippen molar-refractivity contribution in [2.24, 2.45) is 0 Å². The van der Waals surface area contributed by atoms with Crippen molar-refractivity contribution in [1.29, 1.82) is 0 Å². The van der Waals surface area contributed by atoms with E-state index in [-0.39, 0.29) is 0 Å². The van der Waals surface area contributed by atoms with Gasteiger partial charge in [-0.2, -0.15) is 0 Å². The molecule has 1 aliphatic rings. The van der Waals surface area contributed by atoms with E-state index in [0.29, 0.717) is 6.17 Å². The third kappa shape index (κ3) is 14.4. The molecule has 0 N–H and O–H groups in total. The van der Waals surface area contributed by atoms with Gasteiger partial charge in [0.1, 0.15) is 0 Å². The van der Waals surface area contributed by atoms with Crippen molar-refractivity contribution in [2.45, 2.75) is 155 Å². The zero-order chi connectivity index (χ0) is 21.7. The quantitative estimate of drug-likeness (QED) is 0.161. The summed E-state index contributed by atoms with van der Waals surface area (Å²) in [6.45, 7) is 9.41. The van der Waals surface area contributed by atoms with Crippen LogP contribution in [-0.2, 0) is 0 Å². The minimum Gasteiger partial charge on any atom is -0.356 e. The van der Waals surface area contributed by atoms with Gasteiger partial charge >= 0.3 is 0 Å². The van der Waals surface area contributed by atoms with E-state index < -0.39 is 0 Å². The molecule has 1 rings (SSSR count). The normalized spacial score (nSPS) is 16.2. The van der Waals surface area contributed by atoms with E-state index in [1.807, 2.05) is 0 Å². The summed E-state index contributed by atoms with van der Waals surface area (Å²) < 4.78 is 0. The molecule has 1 unspecified atom stereocenters. The van der Waals surface area contributed by atoms with Gasteiger partial charge in [0.05, 0.1) is 6.17 Å². The lowest BCUT2D eigenvalue weighted by molar-refractivity contribution is 0.165. The first-order chi connectivity index (χ1) is 14.8. The Morgan fingerprint density at radius 3 is 1.07 bits per heavy atom. The minimum atomic E-state index is 0.572. The molecule has 1 heterocycles. The van der Waals surface area contributed by atoms with Crippen LogP contribution in [0.4, 0.5) is 0 Å². The number of nitrogens with zero attached hydrogens (tertiary/aromatic N) is 2. The molecule has 0 radical (unpaired) electrons. The molecule has 0 aliphatic carbocycles. The van der Waals surface area contributed by atoms with Gasteiger partial charge in [-0.25, -0.2) is 0 Å². The van der Waals surface area contributed by atoms with Crippen molar-refractivity contribution in [3.8, 4) is 0 Å². The maximum Gasteiger partial charge on any atom is 0.0977 e. The molecule has 0 bridgehead atoms. The maximum atomic E-state index is 2.54. The summed E-state index contributed by atoms with van der Waals surface area (Å²) in [7, 11) is 0. The fraction of sp³-hybridized carbons (Fsp3) is 0.929. The van der Waals surface area contributed by atoms with Crippen molar-refractivity contribution in [2.75, 3.05) is 13.1 Å². The van der Waals surface area contributed by atoms with E-state index in [1.54, 1.807) is 0 Å². The van der Waals surface area contributed by atoms with Crippen LogP contribution in [0.25, 0.3) is 0 Å². The van der Waals surface area contributed by atoms with Gasteiger partial charge in [-0.3, -0.25) is 0 Å². The molecule has 1 aliphatic heterocycles. The third-order valence-electron chi connectivity index (χ3n) is 6.95. The highest BCUT2D eigenvalue weighted by molar-refractivity contribution is 4.95. The van der Waals surface area contributed by atoms with Crippen LogP contribution in [0, 0.1) is 0 Å². The number of unbranched alkanes of at least 4 members (excludes halogenated alkanes) is 18. The Morgan fingerprint density at radius 2 is 0.700 bits per heavy atom. The van der Waals surface area contributed by atoms with Gasteiger partial charge in [0, 0.05) is 25.5 Å². The molecule has 0 spiro atoms. The van der Waals surface area contributed by atoms with Crippen LogP contribution in [0.5, 0.6) is 0 Å². The van der Waals surface area contributed by atoms with E-state index in [0.717, 1.165) is 0 Å². The van der Waals surface area contributed by atoms with Gasteiger partial charge in [-0.1, -0.05) is 129 Å². The van der Waals surface area contributed by atoms with Crippen LogP contribution in [0.2, 0.25) is 0 Å². The zero-order valence-corrected chi connectivity index (χ0v) is 21.2. The standard InChI is InChI=1S/C28H56N2/c1-4-6-8-9-10-11-12-13-14-15-16-17-18-19-20-21-23-25-30-27-26-29(28(30)3)24-22-7-5-2/h26-28H,4-25H2,1-3H3. The molecule has 0 fully saturated rings. The van der Waals surface area contributed by atoms with E-state index in [4.69, 9.17) is 0 Å². The molecule has 2 nitrogen and oxygen atoms in total. The molecular formula is C28H56N2. The van der Waals surface area contributed by atoms with Gasteiger partial charge < -0.3 is 9.80 Å². The lowest BCUT2D eigenvalue weighted by Gasteiger charge is -2.29. The van der Waals surface area contributed by atoms with Crippen molar-refractivity contribution in [3.63, 3.8) is 0 Å². The molecular weight excluding hydrogens is 364 g/mol. The number of hydrogen-bond acceptors (Lipinski definition) is 2. The molecule has 0 aromatic rings. The Kier molecular flexibility index (Phi) is 18.5. The van der Waals surface area contributed by atoms with Crippen LogP contribution in [-0.4, -0.2) is 29.1 Å². The van der Waals surface area contributed by atoms with E-state index >= 15 is 0 Å². The minimum absolute atomic E-state index is 0.572. The zero-order valence-electron chi connectivity index (χ0n) is 21.2. The van der Waals surface area contributed by atoms with Crippen LogP contribution in [0.1, 0.15) is 149 Å². The molecule has 0 saturated carbocycles. The second kappa shape index (κ2) is 20.3. The first-order valence-electron chi connectivity index (χ1n) is 14.0. The highest BCUT2D eigenvalue weighted by Crippen LogP contribution is 2.18. The van der Waals surface area contributed by atoms with Crippen molar-refractivity contribution in [1.82, 2.24) is 9.80 Å². The monoisotopic (exact) mass is 420 g/mol. The Hall–Kier alpha value is -0.660. The van der Waals surface area contributed by atoms with Gasteiger partial charge in [0.2, 0.25) is 0 Å². The summed E-state index contributed by atoms with van der Waals surface area (Å²) >= 11 is 0. The van der Waals surface area contributed by atoms with Gasteiger partial charge in [-0.05, 0) is 19.8 Å². The summed E-state index contributed by atoms with van der Waals surface area (Å²) in [5.41, 5.74) is 0. The fourth-order valence-electron chi connectivity index (χ4n) is 4.70. The van der Waals surface area contributed by atoms with Crippen molar-refractivity contribution >= 4 is 0 Å². The molecule has 0 amide bonds. The summed E-state index contributed by atoms with van der Waals surface area (Å²) in [5.74, 6) is 0. The van der Waals surface area contributed by atoms with Crippen LogP contribution >= 0.6 is 0 Å². The highest BCUT2D eigenvalue weighted by atomic mass is 15.4. The third-order valence-corrected chi connectivity index (χ3v) is 6.95. The topological polar surface area (TPSA) is 6.48 Å². The van der Waals surface area contributed by atoms with Gasteiger partial charge in [-0.15, -0.1) is 0 Å². The molecule has 178 valence electrons. The summed E-state index contributed by atoms with van der Waals surface area (Å²) in [6.07, 6.45) is 33.9. The average Bonchev–Trinajstić information content (AvgIpc) is 3.10. The second-order valence-corrected chi connectivity index (χ2v) is 9.77. The summed E-state index contributed by atoms with van der Waals surface area (Å²) in [5, 5.41) is 0. The van der Waals surface area contributed by atoms with Crippen LogP contribution < -0.4 is 0 Å². The smallest absolute Gasteiger partial charge is 0.0977 e. The van der Waals surface area contributed by atoms with Crippen molar-refractivity contribution < 1.29 is 0 Å². The first-order valence-corrected chi connectivity index (χ1v) is 14.0. The van der Waals surface area contributed by atoms with Crippen LogP contribution in [0.3, 0.4) is 0 Å². The molecule has 2 heteroatoms. The molecule has 0 aromatic carbocycles. The summed E-state index contributed by atoms with van der Waals surface area (Å²) in [4.78, 5) is 5.06. The average molecular weight is 421 g/mol. The SMILES string of the molecule is CCCCCCCCCCCCCCCCCCCN1C=CN(CCCCC)C1C. The molecule has 1 atom stereocenters. The van der Waals surface area contributed by atoms with Gasteiger partial charge in [0.25, 0.3) is 0 Å². The van der Waals surface area contributed by atoms with Crippen LogP contribution in [0.15, 0.2) is 12.4 Å². The lowest BCUT2D eigenvalue weighted by atomic mass is 10.0. The maximum absolute atomic E-state index is 2.54. The van der Waals surface area contributed by atoms with Gasteiger partial charge in [0.15, 0.2) is 0 Å². The second-order valence-electron chi connectivity index (χ2n) is 9.77. The Bertz CT molecular complexity index is 379. The highest BCUT2D eigenvalue weighted by Gasteiger charge is 2.20. The van der Waals surface area contributed by atoms with Crippen molar-refractivity contribution in [3.05, 3.63) is 12.4 Å². The molecule has 0 aromatic heterocycles. The molecule has 0 saturated heterocycles. The predicted octanol–water partition coefficient (Wildman–Crippen LogP) is 9.26. The van der Waals surface area contributed by atoms with E-state index in [2.05, 4.69) is 43.0 Å². The Balaban J connectivity index is 1.78. The number of hydrogen-bond donors (Lipinski definition) is 0. The first kappa shape index (κ1) is 27.4. The summed E-state index contributed by atoms with van der Waals surface area (Å²) in [6, 6.07) is 0. The van der Waals surface area contributed by atoms with E-state index in [1.165, 1.54) is 142 Å². The molecule has 30 heavy (non-hydrogen) atoms. The fourth-order valence-corrected chi connectivity index (χ4v) is 4.70. The largest absolute Gasteiger partial charge is 0.356 e. The Morgan fingerprint density at radius 1 is 0.433 bits per heavy atom. The predicted molar refractivity (Wildman–Crippen MR) is 136 cm³/mol. The Labute approximate surface area is 190 Å². The number of rotatable bonds is 22.